The number of aromatic amines is 1. The van der Waals surface area contributed by atoms with Crippen LogP contribution in [0.1, 0.15) is 23.2 Å². The molecule has 1 aromatic carbocycles. The largest absolute Gasteiger partial charge is 0.377 e. The normalized spacial score (nSPS) is 21.4. The number of H-pyrrole nitrogens is 1. The zero-order valence-corrected chi connectivity index (χ0v) is 15.8. The van der Waals surface area contributed by atoms with Crippen molar-refractivity contribution in [1.29, 1.82) is 0 Å². The van der Waals surface area contributed by atoms with E-state index in [0.29, 0.717) is 17.6 Å². The number of nitrogens with one attached hydrogen (secondary N) is 1. The maximum atomic E-state index is 12.7. The smallest absolute Gasteiger partial charge is 0.254 e. The number of anilines is 1. The van der Waals surface area contributed by atoms with Gasteiger partial charge in [-0.05, 0) is 31.0 Å². The van der Waals surface area contributed by atoms with Crippen LogP contribution in [0.5, 0.6) is 0 Å². The Balaban J connectivity index is 0.00000182. The van der Waals surface area contributed by atoms with Crippen molar-refractivity contribution in [3.05, 3.63) is 23.8 Å². The third kappa shape index (κ3) is 3.96. The second kappa shape index (κ2) is 7.72. The number of piperazine rings is 1. The molecule has 1 amide bonds. The molecule has 0 radical (unpaired) electrons. The number of imidazole rings is 1. The fraction of sp³-hybridized carbons (Fsp3) is 0.529. The second-order valence-electron chi connectivity index (χ2n) is 6.58. The molecule has 2 aliphatic rings. The molecule has 4 rings (SSSR count). The molecule has 2 fully saturated rings. The van der Waals surface area contributed by atoms with E-state index in [9.17, 15) is 4.79 Å². The number of carbonyl (C=O) groups excluding carboxylic acids is 1. The maximum absolute atomic E-state index is 12.7. The number of nitrogen functional groups attached to an aromatic ring is 1. The second-order valence-corrected chi connectivity index (χ2v) is 6.58. The topological polar surface area (TPSA) is 87.5 Å². The Hall–Kier alpha value is -1.64. The first kappa shape index (κ1) is 18.2. The lowest BCUT2D eigenvalue weighted by Gasteiger charge is -2.35. The van der Waals surface area contributed by atoms with Gasteiger partial charge in [0.1, 0.15) is 0 Å². The Kier molecular flexibility index (Phi) is 5.61. The number of fused-ring (bicyclic) bond motifs is 1. The number of hydrogen-bond acceptors (Lipinski definition) is 5. The number of hydrogen-bond donors (Lipinski definition) is 2. The highest BCUT2D eigenvalue weighted by atomic mass is 79.9. The van der Waals surface area contributed by atoms with E-state index in [0.717, 1.165) is 56.8 Å². The van der Waals surface area contributed by atoms with E-state index in [1.54, 1.807) is 0 Å². The van der Waals surface area contributed by atoms with Crippen LogP contribution in [-0.4, -0.2) is 71.1 Å². The number of nitrogens with two attached hydrogens (primary N) is 1. The van der Waals surface area contributed by atoms with Gasteiger partial charge in [-0.3, -0.25) is 9.69 Å². The molecule has 0 spiro atoms. The van der Waals surface area contributed by atoms with Crippen LogP contribution < -0.4 is 5.73 Å². The average Bonchev–Trinajstić information content (AvgIpc) is 3.22. The lowest BCUT2D eigenvalue weighted by atomic mass is 10.1. The highest BCUT2D eigenvalue weighted by Crippen LogP contribution is 2.18. The minimum Gasteiger partial charge on any atom is -0.377 e. The van der Waals surface area contributed by atoms with Gasteiger partial charge in [0.15, 0.2) is 5.95 Å². The summed E-state index contributed by atoms with van der Waals surface area (Å²) in [7, 11) is 0. The number of benzene rings is 1. The summed E-state index contributed by atoms with van der Waals surface area (Å²) >= 11 is 0. The van der Waals surface area contributed by atoms with Crippen LogP contribution >= 0.6 is 17.0 Å². The molecule has 7 nitrogen and oxygen atoms in total. The fourth-order valence-corrected chi connectivity index (χ4v) is 3.55. The van der Waals surface area contributed by atoms with Crippen molar-refractivity contribution in [2.45, 2.75) is 18.9 Å². The van der Waals surface area contributed by atoms with Gasteiger partial charge in [0.05, 0.1) is 17.1 Å². The summed E-state index contributed by atoms with van der Waals surface area (Å²) in [6.07, 6.45) is 2.70. The maximum Gasteiger partial charge on any atom is 0.254 e. The molecule has 2 aromatic rings. The predicted octanol–water partition coefficient (Wildman–Crippen LogP) is 1.66. The number of rotatable bonds is 3. The van der Waals surface area contributed by atoms with Crippen LogP contribution in [0.25, 0.3) is 11.0 Å². The van der Waals surface area contributed by atoms with Gasteiger partial charge in [-0.15, -0.1) is 17.0 Å². The predicted molar refractivity (Wildman–Crippen MR) is 102 cm³/mol. The quantitative estimate of drug-likeness (QED) is 0.804. The number of carbonyl (C=O) groups is 1. The zero-order valence-electron chi connectivity index (χ0n) is 14.1. The minimum atomic E-state index is 0. The molecule has 3 N–H and O–H groups in total. The van der Waals surface area contributed by atoms with Crippen LogP contribution in [0.4, 0.5) is 5.95 Å². The monoisotopic (exact) mass is 409 g/mol. The van der Waals surface area contributed by atoms with Crippen molar-refractivity contribution in [3.63, 3.8) is 0 Å². The van der Waals surface area contributed by atoms with Crippen molar-refractivity contribution >= 4 is 39.9 Å². The summed E-state index contributed by atoms with van der Waals surface area (Å²) in [5.41, 5.74) is 7.92. The average molecular weight is 410 g/mol. The fourth-order valence-electron chi connectivity index (χ4n) is 3.55. The van der Waals surface area contributed by atoms with Crippen LogP contribution in [0.15, 0.2) is 18.2 Å². The van der Waals surface area contributed by atoms with Gasteiger partial charge in [0.25, 0.3) is 5.91 Å². The lowest BCUT2D eigenvalue weighted by Crippen LogP contribution is -2.50. The van der Waals surface area contributed by atoms with E-state index in [-0.39, 0.29) is 22.9 Å². The molecule has 0 saturated carbocycles. The Morgan fingerprint density at radius 2 is 2.12 bits per heavy atom. The molecular formula is C17H24BrN5O2. The van der Waals surface area contributed by atoms with Gasteiger partial charge in [0.2, 0.25) is 0 Å². The van der Waals surface area contributed by atoms with E-state index in [1.165, 1.54) is 6.42 Å². The molecule has 3 heterocycles. The highest BCUT2D eigenvalue weighted by Gasteiger charge is 2.25. The first-order valence-corrected chi connectivity index (χ1v) is 8.57. The Morgan fingerprint density at radius 3 is 2.84 bits per heavy atom. The van der Waals surface area contributed by atoms with Gasteiger partial charge < -0.3 is 20.4 Å². The molecule has 2 saturated heterocycles. The minimum absolute atomic E-state index is 0. The summed E-state index contributed by atoms with van der Waals surface area (Å²) in [4.78, 5) is 24.2. The van der Waals surface area contributed by atoms with Crippen molar-refractivity contribution in [1.82, 2.24) is 19.8 Å². The van der Waals surface area contributed by atoms with Crippen LogP contribution in [0.2, 0.25) is 0 Å². The molecule has 2 aliphatic heterocycles. The van der Waals surface area contributed by atoms with E-state index in [1.807, 2.05) is 23.1 Å². The van der Waals surface area contributed by atoms with Crippen molar-refractivity contribution in [3.8, 4) is 0 Å². The third-order valence-corrected chi connectivity index (χ3v) is 4.89. The van der Waals surface area contributed by atoms with Gasteiger partial charge >= 0.3 is 0 Å². The van der Waals surface area contributed by atoms with Crippen LogP contribution in [-0.2, 0) is 4.74 Å². The van der Waals surface area contributed by atoms with Crippen molar-refractivity contribution < 1.29 is 9.53 Å². The van der Waals surface area contributed by atoms with Crippen molar-refractivity contribution in [2.75, 3.05) is 45.1 Å². The summed E-state index contributed by atoms with van der Waals surface area (Å²) in [5.74, 6) is 0.438. The molecule has 136 valence electrons. The number of amides is 1. The summed E-state index contributed by atoms with van der Waals surface area (Å²) in [6.45, 7) is 5.20. The van der Waals surface area contributed by atoms with E-state index < -0.39 is 0 Å². The molecule has 1 atom stereocenters. The third-order valence-electron chi connectivity index (χ3n) is 4.89. The molecule has 25 heavy (non-hydrogen) atoms. The standard InChI is InChI=1S/C17H23N5O2.BrH/c18-17-19-14-4-3-12(10-15(14)20-17)16(23)22-7-5-21(6-8-22)11-13-2-1-9-24-13;/h3-4,10,13H,1-2,5-9,11H2,(H3,18,19,20);1H. The zero-order chi connectivity index (χ0) is 16.5. The van der Waals surface area contributed by atoms with Crippen LogP contribution in [0, 0.1) is 0 Å². The van der Waals surface area contributed by atoms with Gasteiger partial charge in [-0.2, -0.15) is 0 Å². The van der Waals surface area contributed by atoms with Crippen LogP contribution in [0.3, 0.4) is 0 Å². The van der Waals surface area contributed by atoms with E-state index in [2.05, 4.69) is 14.9 Å². The number of ether oxygens (including phenoxy) is 1. The lowest BCUT2D eigenvalue weighted by molar-refractivity contribution is 0.0433. The van der Waals surface area contributed by atoms with Gasteiger partial charge in [0, 0.05) is 44.9 Å². The SMILES string of the molecule is Br.Nc1nc2cc(C(=O)N3CCN(CC4CCCO4)CC3)ccc2[nH]1. The Morgan fingerprint density at radius 1 is 1.32 bits per heavy atom. The van der Waals surface area contributed by atoms with Gasteiger partial charge in [-0.25, -0.2) is 4.98 Å². The first-order valence-electron chi connectivity index (χ1n) is 8.57. The van der Waals surface area contributed by atoms with E-state index in [4.69, 9.17) is 10.5 Å². The Labute approximate surface area is 157 Å². The molecule has 0 bridgehead atoms. The molecule has 1 aromatic heterocycles. The molecular weight excluding hydrogens is 386 g/mol. The summed E-state index contributed by atoms with van der Waals surface area (Å²) in [6, 6.07) is 5.50. The molecule has 1 unspecified atom stereocenters. The number of halogens is 1. The molecule has 0 aliphatic carbocycles. The van der Waals surface area contributed by atoms with Crippen molar-refractivity contribution in [2.24, 2.45) is 0 Å². The van der Waals surface area contributed by atoms with Gasteiger partial charge in [-0.1, -0.05) is 0 Å². The summed E-state index contributed by atoms with van der Waals surface area (Å²) in [5, 5.41) is 0. The van der Waals surface area contributed by atoms with E-state index >= 15 is 0 Å². The Bertz CT molecular complexity index is 736. The summed E-state index contributed by atoms with van der Waals surface area (Å²) < 4.78 is 5.70. The number of nitrogens with zero attached hydrogens (tertiary/aromatic N) is 3. The number of aromatic nitrogens is 2. The highest BCUT2D eigenvalue weighted by molar-refractivity contribution is 8.93. The first-order chi connectivity index (χ1) is 11.7. The molecule has 8 heteroatoms.